The summed E-state index contributed by atoms with van der Waals surface area (Å²) in [6.45, 7) is 3.98. The van der Waals surface area contributed by atoms with Crippen LogP contribution in [0, 0.1) is 11.8 Å². The number of aliphatic hydroxyl groups excluding tert-OH is 1. The SMILES string of the molecule is CCC[C@H]1CC2=C(C[C@@H](CC)CC3=C1C(=O)OC3O)C(=O)OC2=O. The van der Waals surface area contributed by atoms with E-state index in [1.165, 1.54) is 0 Å². The molecule has 0 saturated carbocycles. The van der Waals surface area contributed by atoms with Crippen molar-refractivity contribution in [2.24, 2.45) is 11.8 Å². The number of carbonyl (C=O) groups excluding carboxylic acids is 3. The van der Waals surface area contributed by atoms with Gasteiger partial charge in [-0.3, -0.25) is 0 Å². The van der Waals surface area contributed by atoms with Crippen LogP contribution in [0.1, 0.15) is 52.4 Å². The highest BCUT2D eigenvalue weighted by atomic mass is 16.6. The number of carbonyl (C=O) groups is 3. The molecule has 6 heteroatoms. The molecule has 1 N–H and O–H groups in total. The topological polar surface area (TPSA) is 89.9 Å². The Morgan fingerprint density at radius 3 is 2.29 bits per heavy atom. The van der Waals surface area contributed by atoms with Crippen molar-refractivity contribution in [1.29, 1.82) is 0 Å². The Bertz CT molecular complexity index is 656. The molecule has 130 valence electrons. The molecule has 2 aliphatic heterocycles. The third kappa shape index (κ3) is 2.79. The van der Waals surface area contributed by atoms with Crippen molar-refractivity contribution in [3.63, 3.8) is 0 Å². The van der Waals surface area contributed by atoms with Crippen LogP contribution < -0.4 is 0 Å². The Hall–Kier alpha value is -1.95. The normalized spacial score (nSPS) is 30.5. The van der Waals surface area contributed by atoms with Crippen LogP contribution in [-0.4, -0.2) is 29.3 Å². The quantitative estimate of drug-likeness (QED) is 0.628. The van der Waals surface area contributed by atoms with Crippen molar-refractivity contribution >= 4 is 17.9 Å². The van der Waals surface area contributed by atoms with Crippen LogP contribution in [-0.2, 0) is 23.9 Å². The fourth-order valence-electron chi connectivity index (χ4n) is 3.91. The zero-order valence-electron chi connectivity index (χ0n) is 14.0. The molecule has 0 aromatic rings. The highest BCUT2D eigenvalue weighted by Gasteiger charge is 2.43. The predicted octanol–water partition coefficient (Wildman–Crippen LogP) is 2.16. The molecule has 0 aromatic heterocycles. The van der Waals surface area contributed by atoms with E-state index in [4.69, 9.17) is 9.47 Å². The number of rotatable bonds is 3. The monoisotopic (exact) mass is 334 g/mol. The van der Waals surface area contributed by atoms with E-state index in [-0.39, 0.29) is 18.3 Å². The Morgan fingerprint density at radius 2 is 1.67 bits per heavy atom. The average Bonchev–Trinajstić information content (AvgIpc) is 2.97. The summed E-state index contributed by atoms with van der Waals surface area (Å²) in [5, 5.41) is 10.1. The molecule has 24 heavy (non-hydrogen) atoms. The third-order valence-electron chi connectivity index (χ3n) is 5.20. The first kappa shape index (κ1) is 16.9. The molecule has 0 saturated heterocycles. The molecule has 3 aliphatic rings. The molecule has 3 rings (SSSR count). The molecule has 0 bridgehead atoms. The van der Waals surface area contributed by atoms with Crippen molar-refractivity contribution in [3.8, 4) is 0 Å². The summed E-state index contributed by atoms with van der Waals surface area (Å²) in [5.41, 5.74) is 1.94. The van der Waals surface area contributed by atoms with Gasteiger partial charge >= 0.3 is 17.9 Å². The van der Waals surface area contributed by atoms with E-state index in [9.17, 15) is 19.5 Å². The van der Waals surface area contributed by atoms with Gasteiger partial charge in [0.1, 0.15) is 0 Å². The summed E-state index contributed by atoms with van der Waals surface area (Å²) in [7, 11) is 0. The first-order valence-corrected chi connectivity index (χ1v) is 8.56. The summed E-state index contributed by atoms with van der Waals surface area (Å²) in [6, 6.07) is 0. The molecule has 0 fully saturated rings. The third-order valence-corrected chi connectivity index (χ3v) is 5.20. The van der Waals surface area contributed by atoms with Crippen LogP contribution in [0.5, 0.6) is 0 Å². The van der Waals surface area contributed by atoms with Gasteiger partial charge in [0.25, 0.3) is 0 Å². The van der Waals surface area contributed by atoms with Gasteiger partial charge in [-0.15, -0.1) is 0 Å². The van der Waals surface area contributed by atoms with Crippen LogP contribution >= 0.6 is 0 Å². The largest absolute Gasteiger partial charge is 0.428 e. The second-order valence-corrected chi connectivity index (χ2v) is 6.70. The molecule has 1 unspecified atom stereocenters. The predicted molar refractivity (Wildman–Crippen MR) is 83.3 cm³/mol. The first-order valence-electron chi connectivity index (χ1n) is 8.56. The highest BCUT2D eigenvalue weighted by molar-refractivity contribution is 6.12. The summed E-state index contributed by atoms with van der Waals surface area (Å²) < 4.78 is 9.84. The maximum absolute atomic E-state index is 12.3. The smallest absolute Gasteiger partial charge is 0.342 e. The van der Waals surface area contributed by atoms with Gasteiger partial charge in [0.15, 0.2) is 0 Å². The molecular formula is C18H22O6. The fraction of sp³-hybridized carbons (Fsp3) is 0.611. The van der Waals surface area contributed by atoms with Gasteiger partial charge in [0.05, 0.1) is 0 Å². The molecule has 6 nitrogen and oxygen atoms in total. The fourth-order valence-corrected chi connectivity index (χ4v) is 3.91. The summed E-state index contributed by atoms with van der Waals surface area (Å²) >= 11 is 0. The number of hydrogen-bond acceptors (Lipinski definition) is 6. The van der Waals surface area contributed by atoms with E-state index in [2.05, 4.69) is 0 Å². The lowest BCUT2D eigenvalue weighted by atomic mass is 9.84. The van der Waals surface area contributed by atoms with Crippen molar-refractivity contribution < 1.29 is 29.0 Å². The molecule has 0 radical (unpaired) electrons. The van der Waals surface area contributed by atoms with Gasteiger partial charge in [-0.25, -0.2) is 14.4 Å². The molecule has 0 aromatic carbocycles. The van der Waals surface area contributed by atoms with Crippen LogP contribution in [0.4, 0.5) is 0 Å². The zero-order chi connectivity index (χ0) is 17.4. The van der Waals surface area contributed by atoms with Gasteiger partial charge in [-0.1, -0.05) is 26.7 Å². The van der Waals surface area contributed by atoms with Crippen LogP contribution in [0.15, 0.2) is 22.3 Å². The Morgan fingerprint density at radius 1 is 1.00 bits per heavy atom. The van der Waals surface area contributed by atoms with Gasteiger partial charge in [-0.2, -0.15) is 0 Å². The van der Waals surface area contributed by atoms with Gasteiger partial charge in [0, 0.05) is 22.3 Å². The van der Waals surface area contributed by atoms with Crippen LogP contribution in [0.3, 0.4) is 0 Å². The molecule has 3 atom stereocenters. The Kier molecular flexibility index (Phi) is 4.58. The average molecular weight is 334 g/mol. The summed E-state index contributed by atoms with van der Waals surface area (Å²) in [6.07, 6.45) is 2.23. The second kappa shape index (κ2) is 6.51. The lowest BCUT2D eigenvalue weighted by Crippen LogP contribution is -2.15. The summed E-state index contributed by atoms with van der Waals surface area (Å²) in [4.78, 5) is 36.4. The van der Waals surface area contributed by atoms with Crippen molar-refractivity contribution in [1.82, 2.24) is 0 Å². The number of hydrogen-bond donors (Lipinski definition) is 1. The first-order chi connectivity index (χ1) is 11.5. The minimum atomic E-state index is -1.21. The minimum Gasteiger partial charge on any atom is -0.428 e. The van der Waals surface area contributed by atoms with Gasteiger partial charge in [-0.05, 0) is 37.5 Å². The molecular weight excluding hydrogens is 312 g/mol. The van der Waals surface area contributed by atoms with E-state index in [1.54, 1.807) is 0 Å². The summed E-state index contributed by atoms with van der Waals surface area (Å²) in [5.74, 6) is -1.86. The lowest BCUT2D eigenvalue weighted by Gasteiger charge is -2.18. The van der Waals surface area contributed by atoms with Crippen LogP contribution in [0.2, 0.25) is 0 Å². The maximum atomic E-state index is 12.3. The standard InChI is InChI=1S/C18H22O6/c1-3-5-10-8-12-11(15(19)23-16(12)20)6-9(4-2)7-13-14(10)18(22)24-17(13)21/h9-10,17,21H,3-8H2,1-2H3/t9-,10+,17?/m1/s1. The van der Waals surface area contributed by atoms with Crippen LogP contribution in [0.25, 0.3) is 0 Å². The molecule has 1 aliphatic carbocycles. The van der Waals surface area contributed by atoms with E-state index in [0.29, 0.717) is 41.6 Å². The zero-order valence-corrected chi connectivity index (χ0v) is 14.0. The maximum Gasteiger partial charge on any atom is 0.342 e. The highest BCUT2D eigenvalue weighted by Crippen LogP contribution is 2.42. The lowest BCUT2D eigenvalue weighted by molar-refractivity contribution is -0.153. The minimum absolute atomic E-state index is 0.0444. The molecule has 0 spiro atoms. The van der Waals surface area contributed by atoms with Crippen molar-refractivity contribution in [2.75, 3.05) is 0 Å². The van der Waals surface area contributed by atoms with Gasteiger partial charge in [0.2, 0.25) is 6.29 Å². The Labute approximate surface area is 140 Å². The van der Waals surface area contributed by atoms with E-state index >= 15 is 0 Å². The van der Waals surface area contributed by atoms with E-state index < -0.39 is 24.2 Å². The Balaban J connectivity index is 2.09. The van der Waals surface area contributed by atoms with Crippen molar-refractivity contribution in [3.05, 3.63) is 22.3 Å². The van der Waals surface area contributed by atoms with Gasteiger partial charge < -0.3 is 14.6 Å². The number of ether oxygens (including phenoxy) is 2. The van der Waals surface area contributed by atoms with E-state index in [1.807, 2.05) is 13.8 Å². The molecule has 2 heterocycles. The van der Waals surface area contributed by atoms with Crippen molar-refractivity contribution in [2.45, 2.75) is 58.7 Å². The van der Waals surface area contributed by atoms with E-state index in [0.717, 1.165) is 12.8 Å². The molecule has 0 amide bonds. The number of cyclic esters (lactones) is 3. The second-order valence-electron chi connectivity index (χ2n) is 6.70. The number of esters is 3. The number of aliphatic hydroxyl groups is 1.